The molecular formula is C22H15N3O3S2. The zero-order valence-electron chi connectivity index (χ0n) is 15.6. The molecule has 0 radical (unpaired) electrons. The first kappa shape index (κ1) is 18.8. The second-order valence-corrected chi connectivity index (χ2v) is 8.60. The highest BCUT2D eigenvalue weighted by Crippen LogP contribution is 2.36. The van der Waals surface area contributed by atoms with Crippen molar-refractivity contribution >= 4 is 62.8 Å². The molecule has 0 unspecified atom stereocenters. The highest BCUT2D eigenvalue weighted by atomic mass is 32.2. The summed E-state index contributed by atoms with van der Waals surface area (Å²) < 4.78 is 6.05. The lowest BCUT2D eigenvalue weighted by atomic mass is 10.1. The van der Waals surface area contributed by atoms with Gasteiger partial charge in [0.2, 0.25) is 0 Å². The number of hydrogen-bond donors (Lipinski definition) is 1. The molecule has 1 aromatic heterocycles. The summed E-state index contributed by atoms with van der Waals surface area (Å²) in [6.45, 7) is 0.411. The van der Waals surface area contributed by atoms with Crippen LogP contribution in [0, 0.1) is 0 Å². The number of thiocarbonyl (C=S) groups is 1. The molecule has 2 aliphatic rings. The molecule has 2 aliphatic heterocycles. The summed E-state index contributed by atoms with van der Waals surface area (Å²) in [4.78, 5) is 31.2. The third kappa shape index (κ3) is 3.55. The summed E-state index contributed by atoms with van der Waals surface area (Å²) in [5.74, 6) is 0.308. The van der Waals surface area contributed by atoms with Crippen LogP contribution in [-0.4, -0.2) is 27.7 Å². The van der Waals surface area contributed by atoms with Crippen molar-refractivity contribution in [3.63, 3.8) is 0 Å². The Kier molecular flexibility index (Phi) is 4.72. The number of nitrogens with one attached hydrogen (secondary N) is 1. The number of carbonyl (C=O) groups excluding carboxylic acids is 2. The van der Waals surface area contributed by atoms with Crippen LogP contribution in [0.5, 0.6) is 5.75 Å². The predicted molar refractivity (Wildman–Crippen MR) is 121 cm³/mol. The highest BCUT2D eigenvalue weighted by Gasteiger charge is 2.27. The molecule has 0 spiro atoms. The number of fused-ring (bicyclic) bond motifs is 2. The third-order valence-electron chi connectivity index (χ3n) is 4.87. The fraction of sp³-hybridized carbons (Fsp3) is 0.0909. The van der Waals surface area contributed by atoms with E-state index in [9.17, 15) is 9.59 Å². The number of aromatic nitrogens is 1. The van der Waals surface area contributed by atoms with Gasteiger partial charge in [-0.15, -0.1) is 0 Å². The van der Waals surface area contributed by atoms with Crippen LogP contribution in [0.25, 0.3) is 17.0 Å². The third-order valence-corrected chi connectivity index (χ3v) is 6.04. The van der Waals surface area contributed by atoms with E-state index in [1.165, 1.54) is 11.8 Å². The molecule has 148 valence electrons. The van der Waals surface area contributed by atoms with E-state index in [0.29, 0.717) is 27.2 Å². The second-order valence-electron chi connectivity index (χ2n) is 6.88. The lowest BCUT2D eigenvalue weighted by molar-refractivity contribution is -0.121. The normalized spacial score (nSPS) is 17.3. The van der Waals surface area contributed by atoms with E-state index in [1.54, 1.807) is 17.2 Å². The number of ether oxygens (including phenoxy) is 1. The molecular weight excluding hydrogens is 418 g/mol. The first-order valence-corrected chi connectivity index (χ1v) is 10.4. The number of carbonyl (C=O) groups is 2. The molecule has 2 amide bonds. The number of benzene rings is 2. The van der Waals surface area contributed by atoms with Crippen LogP contribution in [0.15, 0.2) is 59.6 Å². The van der Waals surface area contributed by atoms with E-state index in [-0.39, 0.29) is 18.4 Å². The minimum atomic E-state index is -0.211. The standard InChI is InChI=1S/C22H15N3O3S2/c26-20-12-28-18-6-4-13(10-19-21(27)24-22(29)30-19)9-17(18)25(20)11-14-3-5-16-15(8-14)2-1-7-23-16/h1-10H,11-12H2,(H,24,27,29)/b19-10+. The molecule has 3 aromatic rings. The number of pyridine rings is 1. The SMILES string of the molecule is O=C1NC(=S)S/C1=C/c1ccc2c(c1)N(Cc1ccc3ncccc3c1)C(=O)CO2. The van der Waals surface area contributed by atoms with Crippen molar-refractivity contribution in [1.29, 1.82) is 0 Å². The van der Waals surface area contributed by atoms with Crippen LogP contribution >= 0.6 is 24.0 Å². The van der Waals surface area contributed by atoms with Crippen LogP contribution in [-0.2, 0) is 16.1 Å². The molecule has 6 nitrogen and oxygen atoms in total. The molecule has 0 saturated carbocycles. The largest absolute Gasteiger partial charge is 0.482 e. The molecule has 1 N–H and O–H groups in total. The highest BCUT2D eigenvalue weighted by molar-refractivity contribution is 8.26. The fourth-order valence-electron chi connectivity index (χ4n) is 3.46. The number of anilines is 1. The maximum Gasteiger partial charge on any atom is 0.265 e. The Bertz CT molecular complexity index is 1260. The van der Waals surface area contributed by atoms with Crippen LogP contribution < -0.4 is 15.0 Å². The fourth-order valence-corrected chi connectivity index (χ4v) is 4.50. The molecule has 0 bridgehead atoms. The van der Waals surface area contributed by atoms with Crippen molar-refractivity contribution in [2.75, 3.05) is 11.5 Å². The van der Waals surface area contributed by atoms with Crippen LogP contribution in [0.2, 0.25) is 0 Å². The number of thioether (sulfide) groups is 1. The topological polar surface area (TPSA) is 71.5 Å². The number of rotatable bonds is 3. The average Bonchev–Trinajstić information content (AvgIpc) is 3.06. The number of hydrogen-bond acceptors (Lipinski definition) is 6. The Labute approximate surface area is 181 Å². The molecule has 3 heterocycles. The van der Waals surface area contributed by atoms with Gasteiger partial charge in [-0.2, -0.15) is 0 Å². The van der Waals surface area contributed by atoms with Gasteiger partial charge in [-0.3, -0.25) is 14.6 Å². The molecule has 0 atom stereocenters. The first-order chi connectivity index (χ1) is 14.6. The molecule has 5 rings (SSSR count). The Morgan fingerprint density at radius 2 is 2.10 bits per heavy atom. The minimum absolute atomic E-state index is 0.00486. The van der Waals surface area contributed by atoms with E-state index in [2.05, 4.69) is 10.3 Å². The second kappa shape index (κ2) is 7.55. The quantitative estimate of drug-likeness (QED) is 0.502. The van der Waals surface area contributed by atoms with Gasteiger partial charge in [0, 0.05) is 11.6 Å². The van der Waals surface area contributed by atoms with Crippen molar-refractivity contribution in [3.05, 3.63) is 70.8 Å². The summed E-state index contributed by atoms with van der Waals surface area (Å²) in [5, 5.41) is 3.63. The lowest BCUT2D eigenvalue weighted by Gasteiger charge is -2.30. The van der Waals surface area contributed by atoms with Gasteiger partial charge in [-0.25, -0.2) is 0 Å². The van der Waals surface area contributed by atoms with Gasteiger partial charge < -0.3 is 15.0 Å². The van der Waals surface area contributed by atoms with E-state index in [1.807, 2.05) is 48.5 Å². The zero-order valence-corrected chi connectivity index (χ0v) is 17.3. The number of amides is 2. The van der Waals surface area contributed by atoms with Crippen LogP contribution in [0.1, 0.15) is 11.1 Å². The van der Waals surface area contributed by atoms with Gasteiger partial charge >= 0.3 is 0 Å². The Morgan fingerprint density at radius 1 is 1.20 bits per heavy atom. The zero-order chi connectivity index (χ0) is 20.7. The van der Waals surface area contributed by atoms with E-state index >= 15 is 0 Å². The molecule has 1 saturated heterocycles. The Morgan fingerprint density at radius 3 is 2.93 bits per heavy atom. The summed E-state index contributed by atoms with van der Waals surface area (Å²) >= 11 is 6.27. The monoisotopic (exact) mass is 433 g/mol. The number of nitrogens with zero attached hydrogens (tertiary/aromatic N) is 2. The van der Waals surface area contributed by atoms with Crippen molar-refractivity contribution in [3.8, 4) is 5.75 Å². The smallest absolute Gasteiger partial charge is 0.265 e. The molecule has 1 fully saturated rings. The van der Waals surface area contributed by atoms with Gasteiger partial charge in [0.05, 0.1) is 22.7 Å². The molecule has 8 heteroatoms. The van der Waals surface area contributed by atoms with Gasteiger partial charge in [0.1, 0.15) is 10.1 Å². The summed E-state index contributed by atoms with van der Waals surface area (Å²) in [6, 6.07) is 15.4. The molecule has 2 aromatic carbocycles. The van der Waals surface area contributed by atoms with Crippen LogP contribution in [0.4, 0.5) is 5.69 Å². The van der Waals surface area contributed by atoms with E-state index in [4.69, 9.17) is 17.0 Å². The van der Waals surface area contributed by atoms with Gasteiger partial charge in [-0.05, 0) is 47.5 Å². The van der Waals surface area contributed by atoms with Crippen molar-refractivity contribution in [2.24, 2.45) is 0 Å². The molecule has 0 aliphatic carbocycles. The maximum absolute atomic E-state index is 12.7. The lowest BCUT2D eigenvalue weighted by Crippen LogP contribution is -2.38. The summed E-state index contributed by atoms with van der Waals surface area (Å²) in [7, 11) is 0. The summed E-state index contributed by atoms with van der Waals surface area (Å²) in [5.41, 5.74) is 3.38. The Balaban J connectivity index is 1.49. The average molecular weight is 434 g/mol. The molecule has 30 heavy (non-hydrogen) atoms. The van der Waals surface area contributed by atoms with Crippen molar-refractivity contribution in [2.45, 2.75) is 6.54 Å². The van der Waals surface area contributed by atoms with Gasteiger partial charge in [0.15, 0.2) is 6.61 Å². The van der Waals surface area contributed by atoms with Gasteiger partial charge in [0.25, 0.3) is 11.8 Å². The summed E-state index contributed by atoms with van der Waals surface area (Å²) in [6.07, 6.45) is 3.52. The van der Waals surface area contributed by atoms with Crippen molar-refractivity contribution < 1.29 is 14.3 Å². The Hall–Kier alpha value is -3.23. The predicted octanol–water partition coefficient (Wildman–Crippen LogP) is 3.65. The first-order valence-electron chi connectivity index (χ1n) is 9.22. The van der Waals surface area contributed by atoms with E-state index in [0.717, 1.165) is 22.0 Å². The van der Waals surface area contributed by atoms with Crippen molar-refractivity contribution in [1.82, 2.24) is 10.3 Å². The van der Waals surface area contributed by atoms with E-state index < -0.39 is 0 Å². The minimum Gasteiger partial charge on any atom is -0.482 e. The van der Waals surface area contributed by atoms with Crippen LogP contribution in [0.3, 0.4) is 0 Å². The maximum atomic E-state index is 12.7. The van der Waals surface area contributed by atoms with Gasteiger partial charge in [-0.1, -0.05) is 42.2 Å².